The lowest BCUT2D eigenvalue weighted by atomic mass is 10.1. The fourth-order valence-electron chi connectivity index (χ4n) is 2.42. The van der Waals surface area contributed by atoms with Crippen molar-refractivity contribution in [2.75, 3.05) is 11.9 Å². The van der Waals surface area contributed by atoms with Gasteiger partial charge >= 0.3 is 0 Å². The van der Waals surface area contributed by atoms with Crippen molar-refractivity contribution in [3.8, 4) is 0 Å². The normalized spacial score (nSPS) is 11.8. The summed E-state index contributed by atoms with van der Waals surface area (Å²) in [6, 6.07) is 3.87. The molecule has 0 aliphatic heterocycles. The summed E-state index contributed by atoms with van der Waals surface area (Å²) in [4.78, 5) is 25.7. The number of hydrogen-bond donors (Lipinski definition) is 1. The standard InChI is InChI=1S/C16H20N6O/c1-16(2,3)22-13-12(9-18-22)14(23)20-15(19-13)21(4)10-11-6-5-7-17-8-11/h5-9H,10H2,1-4H3,(H,19,20,23). The third-order valence-electron chi connectivity index (χ3n) is 3.57. The second kappa shape index (κ2) is 5.49. The molecular weight excluding hydrogens is 292 g/mol. The number of H-pyrrole nitrogens is 1. The number of pyridine rings is 1. The first kappa shape index (κ1) is 15.2. The molecule has 0 unspecified atom stereocenters. The summed E-state index contributed by atoms with van der Waals surface area (Å²) in [6.45, 7) is 6.69. The molecule has 0 bridgehead atoms. The fraction of sp³-hybridized carbons (Fsp3) is 0.375. The molecule has 0 fully saturated rings. The molecule has 0 saturated heterocycles. The van der Waals surface area contributed by atoms with Crippen LogP contribution in [0.5, 0.6) is 0 Å². The third kappa shape index (κ3) is 2.94. The molecule has 0 amide bonds. The van der Waals surface area contributed by atoms with E-state index in [0.717, 1.165) is 5.56 Å². The minimum atomic E-state index is -0.248. The first-order valence-corrected chi connectivity index (χ1v) is 7.45. The molecule has 120 valence electrons. The van der Waals surface area contributed by atoms with Gasteiger partial charge in [0.25, 0.3) is 5.56 Å². The Labute approximate surface area is 134 Å². The number of anilines is 1. The molecule has 23 heavy (non-hydrogen) atoms. The number of aromatic nitrogens is 5. The lowest BCUT2D eigenvalue weighted by molar-refractivity contribution is 0.366. The van der Waals surface area contributed by atoms with Crippen molar-refractivity contribution in [2.45, 2.75) is 32.9 Å². The van der Waals surface area contributed by atoms with Crippen LogP contribution in [0.4, 0.5) is 5.95 Å². The maximum Gasteiger partial charge on any atom is 0.263 e. The Morgan fingerprint density at radius 3 is 2.74 bits per heavy atom. The molecule has 0 aromatic carbocycles. The van der Waals surface area contributed by atoms with Gasteiger partial charge in [-0.25, -0.2) is 4.68 Å². The van der Waals surface area contributed by atoms with E-state index in [2.05, 4.69) is 20.1 Å². The summed E-state index contributed by atoms with van der Waals surface area (Å²) < 4.78 is 1.78. The van der Waals surface area contributed by atoms with Gasteiger partial charge in [-0.2, -0.15) is 10.1 Å². The summed E-state index contributed by atoms with van der Waals surface area (Å²) in [6.07, 6.45) is 5.10. The molecule has 0 atom stereocenters. The zero-order valence-electron chi connectivity index (χ0n) is 13.7. The van der Waals surface area contributed by atoms with E-state index in [-0.39, 0.29) is 11.1 Å². The Kier molecular flexibility index (Phi) is 3.63. The Bertz CT molecular complexity index is 875. The lowest BCUT2D eigenvalue weighted by Crippen LogP contribution is -2.26. The highest BCUT2D eigenvalue weighted by molar-refractivity contribution is 5.74. The average molecular weight is 312 g/mol. The molecule has 0 aliphatic carbocycles. The smallest absolute Gasteiger partial charge is 0.263 e. The van der Waals surface area contributed by atoms with E-state index < -0.39 is 0 Å². The quantitative estimate of drug-likeness (QED) is 0.799. The van der Waals surface area contributed by atoms with Gasteiger partial charge < -0.3 is 4.90 Å². The number of nitrogens with zero attached hydrogens (tertiary/aromatic N) is 5. The van der Waals surface area contributed by atoms with Crippen LogP contribution < -0.4 is 10.5 Å². The zero-order chi connectivity index (χ0) is 16.6. The number of fused-ring (bicyclic) bond motifs is 1. The maximum absolute atomic E-state index is 12.3. The van der Waals surface area contributed by atoms with Gasteiger partial charge in [0, 0.05) is 26.0 Å². The second-order valence-electron chi connectivity index (χ2n) is 6.57. The van der Waals surface area contributed by atoms with Crippen LogP contribution in [-0.2, 0) is 12.1 Å². The van der Waals surface area contributed by atoms with Gasteiger partial charge in [-0.05, 0) is 32.4 Å². The van der Waals surface area contributed by atoms with Crippen molar-refractivity contribution in [3.05, 3.63) is 46.6 Å². The molecule has 0 saturated carbocycles. The zero-order valence-corrected chi connectivity index (χ0v) is 13.7. The molecule has 3 rings (SSSR count). The van der Waals surface area contributed by atoms with Crippen molar-refractivity contribution >= 4 is 17.0 Å². The molecule has 3 aromatic heterocycles. The SMILES string of the molecule is CN(Cc1cccnc1)c1nc2c(cnn2C(C)(C)C)c(=O)[nH]1. The van der Waals surface area contributed by atoms with Crippen molar-refractivity contribution in [1.82, 2.24) is 24.7 Å². The van der Waals surface area contributed by atoms with E-state index in [1.807, 2.05) is 44.9 Å². The van der Waals surface area contributed by atoms with Crippen LogP contribution in [0, 0.1) is 0 Å². The highest BCUT2D eigenvalue weighted by atomic mass is 16.1. The largest absolute Gasteiger partial charge is 0.341 e. The van der Waals surface area contributed by atoms with Crippen LogP contribution in [0.1, 0.15) is 26.3 Å². The van der Waals surface area contributed by atoms with E-state index in [0.29, 0.717) is 23.5 Å². The Morgan fingerprint density at radius 1 is 1.30 bits per heavy atom. The van der Waals surface area contributed by atoms with Gasteiger partial charge in [0.1, 0.15) is 5.39 Å². The van der Waals surface area contributed by atoms with E-state index in [4.69, 9.17) is 0 Å². The second-order valence-corrected chi connectivity index (χ2v) is 6.57. The molecule has 0 radical (unpaired) electrons. The first-order chi connectivity index (χ1) is 10.9. The van der Waals surface area contributed by atoms with Crippen LogP contribution in [0.2, 0.25) is 0 Å². The van der Waals surface area contributed by atoms with E-state index >= 15 is 0 Å². The maximum atomic E-state index is 12.3. The number of nitrogens with one attached hydrogen (secondary N) is 1. The molecule has 1 N–H and O–H groups in total. The molecule has 7 heteroatoms. The summed E-state index contributed by atoms with van der Waals surface area (Å²) in [5.74, 6) is 0.511. The highest BCUT2D eigenvalue weighted by Gasteiger charge is 2.20. The molecule has 0 spiro atoms. The van der Waals surface area contributed by atoms with Crippen LogP contribution >= 0.6 is 0 Å². The minimum absolute atomic E-state index is 0.182. The van der Waals surface area contributed by atoms with Gasteiger partial charge in [-0.1, -0.05) is 6.07 Å². The van der Waals surface area contributed by atoms with E-state index in [1.165, 1.54) is 0 Å². The van der Waals surface area contributed by atoms with Gasteiger partial charge in [-0.15, -0.1) is 0 Å². The molecule has 0 aliphatic rings. The minimum Gasteiger partial charge on any atom is -0.341 e. The lowest BCUT2D eigenvalue weighted by Gasteiger charge is -2.21. The van der Waals surface area contributed by atoms with Gasteiger partial charge in [-0.3, -0.25) is 14.8 Å². The first-order valence-electron chi connectivity index (χ1n) is 7.45. The van der Waals surface area contributed by atoms with Gasteiger partial charge in [0.05, 0.1) is 11.7 Å². The van der Waals surface area contributed by atoms with E-state index in [1.54, 1.807) is 23.3 Å². The number of rotatable bonds is 3. The topological polar surface area (TPSA) is 79.7 Å². The Hall–Kier alpha value is -2.70. The highest BCUT2D eigenvalue weighted by Crippen LogP contribution is 2.19. The Balaban J connectivity index is 2.03. The summed E-state index contributed by atoms with van der Waals surface area (Å²) in [5.41, 5.74) is 1.21. The predicted molar refractivity (Wildman–Crippen MR) is 89.5 cm³/mol. The Morgan fingerprint density at radius 2 is 2.09 bits per heavy atom. The van der Waals surface area contributed by atoms with Crippen molar-refractivity contribution in [2.24, 2.45) is 0 Å². The van der Waals surface area contributed by atoms with Crippen LogP contribution in [0.3, 0.4) is 0 Å². The molecule has 3 heterocycles. The monoisotopic (exact) mass is 312 g/mol. The number of aromatic amines is 1. The van der Waals surface area contributed by atoms with Crippen LogP contribution in [-0.4, -0.2) is 31.8 Å². The van der Waals surface area contributed by atoms with Crippen LogP contribution in [0.15, 0.2) is 35.5 Å². The fourth-order valence-corrected chi connectivity index (χ4v) is 2.42. The van der Waals surface area contributed by atoms with E-state index in [9.17, 15) is 4.79 Å². The van der Waals surface area contributed by atoms with Crippen molar-refractivity contribution in [1.29, 1.82) is 0 Å². The van der Waals surface area contributed by atoms with Crippen LogP contribution in [0.25, 0.3) is 11.0 Å². The molecular formula is C16H20N6O. The summed E-state index contributed by atoms with van der Waals surface area (Å²) >= 11 is 0. The van der Waals surface area contributed by atoms with Crippen molar-refractivity contribution < 1.29 is 0 Å². The summed E-state index contributed by atoms with van der Waals surface area (Å²) in [5, 5.41) is 4.82. The van der Waals surface area contributed by atoms with Gasteiger partial charge in [0.15, 0.2) is 5.65 Å². The number of hydrogen-bond acceptors (Lipinski definition) is 5. The average Bonchev–Trinajstić information content (AvgIpc) is 2.92. The third-order valence-corrected chi connectivity index (χ3v) is 3.57. The molecule has 3 aromatic rings. The van der Waals surface area contributed by atoms with Gasteiger partial charge in [0.2, 0.25) is 5.95 Å². The predicted octanol–water partition coefficient (Wildman–Crippen LogP) is 1.91. The van der Waals surface area contributed by atoms with Crippen molar-refractivity contribution in [3.63, 3.8) is 0 Å². The molecule has 7 nitrogen and oxygen atoms in total. The summed E-state index contributed by atoms with van der Waals surface area (Å²) in [7, 11) is 1.88.